The number of nitrogens with zero attached hydrogens (tertiary/aromatic N) is 2. The minimum absolute atomic E-state index is 0. The Hall–Kier alpha value is -2.02. The highest BCUT2D eigenvalue weighted by Crippen LogP contribution is 2.31. The molecule has 8 heteroatoms. The van der Waals surface area contributed by atoms with E-state index in [0.29, 0.717) is 23.2 Å². The first-order chi connectivity index (χ1) is 13.9. The third-order valence-corrected chi connectivity index (χ3v) is 5.67. The van der Waals surface area contributed by atoms with E-state index in [4.69, 9.17) is 16.0 Å². The number of carbonyl (C=O) groups is 1. The lowest BCUT2D eigenvalue weighted by molar-refractivity contribution is 0.0923. The molecule has 0 atom stereocenters. The van der Waals surface area contributed by atoms with Crippen LogP contribution in [0.3, 0.4) is 0 Å². The Labute approximate surface area is 187 Å². The van der Waals surface area contributed by atoms with Gasteiger partial charge in [0.25, 0.3) is 5.91 Å². The van der Waals surface area contributed by atoms with Crippen LogP contribution in [0.25, 0.3) is 11.0 Å². The smallest absolute Gasteiger partial charge is 0.272 e. The lowest BCUT2D eigenvalue weighted by atomic mass is 10.1. The SMILES string of the molecule is Cc1cc(C(=O)NC2CCNCC2)nn1Cc1cc(Cl)cc2cc(C(C)C)oc12.Cl. The summed E-state index contributed by atoms with van der Waals surface area (Å²) in [6.45, 7) is 8.52. The number of piperidine rings is 1. The van der Waals surface area contributed by atoms with Crippen LogP contribution in [0.5, 0.6) is 0 Å². The number of hydrogen-bond acceptors (Lipinski definition) is 4. The number of amides is 1. The van der Waals surface area contributed by atoms with Gasteiger partial charge in [0.15, 0.2) is 0 Å². The number of hydrogen-bond donors (Lipinski definition) is 2. The summed E-state index contributed by atoms with van der Waals surface area (Å²) >= 11 is 6.34. The van der Waals surface area contributed by atoms with Gasteiger partial charge in [-0.1, -0.05) is 25.4 Å². The monoisotopic (exact) mass is 450 g/mol. The van der Waals surface area contributed by atoms with Crippen LogP contribution in [0.4, 0.5) is 0 Å². The molecule has 3 aromatic rings. The van der Waals surface area contributed by atoms with Gasteiger partial charge >= 0.3 is 0 Å². The number of fused-ring (bicyclic) bond motifs is 1. The Morgan fingerprint density at radius 1 is 1.30 bits per heavy atom. The largest absolute Gasteiger partial charge is 0.460 e. The molecule has 1 saturated heterocycles. The van der Waals surface area contributed by atoms with Crippen molar-refractivity contribution in [1.29, 1.82) is 0 Å². The first-order valence-corrected chi connectivity index (χ1v) is 10.6. The number of aryl methyl sites for hydroxylation is 1. The molecule has 3 heterocycles. The first-order valence-electron chi connectivity index (χ1n) is 10.2. The molecule has 1 aliphatic rings. The van der Waals surface area contributed by atoms with Crippen molar-refractivity contribution in [3.05, 3.63) is 52.0 Å². The van der Waals surface area contributed by atoms with Gasteiger partial charge in [0.2, 0.25) is 0 Å². The van der Waals surface area contributed by atoms with Gasteiger partial charge in [0.05, 0.1) is 6.54 Å². The van der Waals surface area contributed by atoms with Crippen LogP contribution < -0.4 is 10.6 Å². The minimum Gasteiger partial charge on any atom is -0.460 e. The van der Waals surface area contributed by atoms with E-state index in [1.54, 1.807) is 0 Å². The fourth-order valence-corrected chi connectivity index (χ4v) is 4.02. The summed E-state index contributed by atoms with van der Waals surface area (Å²) < 4.78 is 7.93. The molecular formula is C22H28Cl2N4O2. The molecule has 0 bridgehead atoms. The van der Waals surface area contributed by atoms with Crippen LogP contribution in [-0.2, 0) is 6.54 Å². The number of carbonyl (C=O) groups excluding carboxylic acids is 1. The van der Waals surface area contributed by atoms with Gasteiger partial charge in [-0.3, -0.25) is 9.48 Å². The number of rotatable bonds is 5. The van der Waals surface area contributed by atoms with Gasteiger partial charge in [-0.2, -0.15) is 5.10 Å². The molecule has 30 heavy (non-hydrogen) atoms. The van der Waals surface area contributed by atoms with E-state index in [2.05, 4.69) is 29.6 Å². The van der Waals surface area contributed by atoms with Gasteiger partial charge in [-0.05, 0) is 57.1 Å². The summed E-state index contributed by atoms with van der Waals surface area (Å²) in [5.74, 6) is 1.11. The Kier molecular flexibility index (Phi) is 7.11. The molecule has 162 valence electrons. The zero-order valence-corrected chi connectivity index (χ0v) is 19.1. The Morgan fingerprint density at radius 3 is 2.73 bits per heavy atom. The first kappa shape index (κ1) is 22.7. The normalized spacial score (nSPS) is 14.8. The van der Waals surface area contributed by atoms with Crippen molar-refractivity contribution in [2.45, 2.75) is 52.1 Å². The molecule has 2 aromatic heterocycles. The molecule has 6 nitrogen and oxygen atoms in total. The number of furan rings is 1. The zero-order chi connectivity index (χ0) is 20.5. The van der Waals surface area contributed by atoms with Crippen LogP contribution in [0, 0.1) is 6.92 Å². The summed E-state index contributed by atoms with van der Waals surface area (Å²) in [5.41, 5.74) is 3.15. The molecular weight excluding hydrogens is 423 g/mol. The standard InChI is InChI=1S/C22H27ClN4O2.ClH/c1-13(2)20-11-15-9-17(23)10-16(21(15)29-20)12-27-14(3)8-19(26-27)22(28)25-18-4-6-24-7-5-18;/h8-11,13,18,24H,4-7,12H2,1-3H3,(H,25,28);1H. The second-order valence-corrected chi connectivity index (χ2v) is 8.55. The van der Waals surface area contributed by atoms with Gasteiger partial charge in [0, 0.05) is 33.6 Å². The lowest BCUT2D eigenvalue weighted by Gasteiger charge is -2.23. The van der Waals surface area contributed by atoms with Crippen molar-refractivity contribution >= 4 is 40.9 Å². The van der Waals surface area contributed by atoms with Crippen molar-refractivity contribution in [2.24, 2.45) is 0 Å². The second-order valence-electron chi connectivity index (χ2n) is 8.11. The van der Waals surface area contributed by atoms with E-state index in [0.717, 1.165) is 53.9 Å². The second kappa shape index (κ2) is 9.41. The van der Waals surface area contributed by atoms with Gasteiger partial charge in [-0.25, -0.2) is 0 Å². The summed E-state index contributed by atoms with van der Waals surface area (Å²) in [7, 11) is 0. The fourth-order valence-electron chi connectivity index (χ4n) is 3.78. The van der Waals surface area contributed by atoms with Crippen LogP contribution in [-0.4, -0.2) is 34.8 Å². The van der Waals surface area contributed by atoms with Crippen molar-refractivity contribution in [2.75, 3.05) is 13.1 Å². The summed E-state index contributed by atoms with van der Waals surface area (Å²) in [6.07, 6.45) is 1.89. The average molecular weight is 451 g/mol. The quantitative estimate of drug-likeness (QED) is 0.592. The van der Waals surface area contributed by atoms with Crippen molar-refractivity contribution in [3.8, 4) is 0 Å². The Bertz CT molecular complexity index is 1040. The molecule has 0 spiro atoms. The van der Waals surface area contributed by atoms with E-state index in [1.807, 2.05) is 35.9 Å². The minimum atomic E-state index is -0.116. The molecule has 0 saturated carbocycles. The maximum atomic E-state index is 12.6. The highest BCUT2D eigenvalue weighted by Gasteiger charge is 2.20. The van der Waals surface area contributed by atoms with Crippen LogP contribution >= 0.6 is 24.0 Å². The number of halogens is 2. The molecule has 0 radical (unpaired) electrons. The summed E-state index contributed by atoms with van der Waals surface area (Å²) in [4.78, 5) is 12.6. The fraction of sp³-hybridized carbons (Fsp3) is 0.455. The number of aromatic nitrogens is 2. The van der Waals surface area contributed by atoms with Crippen molar-refractivity contribution < 1.29 is 9.21 Å². The average Bonchev–Trinajstić information content (AvgIpc) is 3.27. The zero-order valence-electron chi connectivity index (χ0n) is 17.5. The molecule has 4 rings (SSSR count). The van der Waals surface area contributed by atoms with E-state index in [-0.39, 0.29) is 24.4 Å². The molecule has 0 aliphatic carbocycles. The maximum absolute atomic E-state index is 12.6. The van der Waals surface area contributed by atoms with Crippen LogP contribution in [0.2, 0.25) is 5.02 Å². The van der Waals surface area contributed by atoms with Crippen LogP contribution in [0.1, 0.15) is 60.1 Å². The maximum Gasteiger partial charge on any atom is 0.272 e. The van der Waals surface area contributed by atoms with Gasteiger partial charge in [-0.15, -0.1) is 12.4 Å². The molecule has 0 unspecified atom stereocenters. The van der Waals surface area contributed by atoms with E-state index in [9.17, 15) is 4.79 Å². The van der Waals surface area contributed by atoms with Crippen molar-refractivity contribution in [1.82, 2.24) is 20.4 Å². The van der Waals surface area contributed by atoms with Gasteiger partial charge < -0.3 is 15.1 Å². The number of nitrogens with one attached hydrogen (secondary N) is 2. The molecule has 1 aromatic carbocycles. The van der Waals surface area contributed by atoms with Crippen molar-refractivity contribution in [3.63, 3.8) is 0 Å². The topological polar surface area (TPSA) is 72.1 Å². The number of benzene rings is 1. The highest BCUT2D eigenvalue weighted by atomic mass is 35.5. The lowest BCUT2D eigenvalue weighted by Crippen LogP contribution is -2.42. The predicted molar refractivity (Wildman–Crippen MR) is 122 cm³/mol. The van der Waals surface area contributed by atoms with E-state index in [1.165, 1.54) is 0 Å². The predicted octanol–water partition coefficient (Wildman–Crippen LogP) is 4.67. The van der Waals surface area contributed by atoms with E-state index >= 15 is 0 Å². The Morgan fingerprint density at radius 2 is 2.03 bits per heavy atom. The molecule has 1 aliphatic heterocycles. The third-order valence-electron chi connectivity index (χ3n) is 5.45. The third kappa shape index (κ3) is 4.82. The van der Waals surface area contributed by atoms with E-state index < -0.39 is 0 Å². The summed E-state index contributed by atoms with van der Waals surface area (Å²) in [6, 6.07) is 7.92. The highest BCUT2D eigenvalue weighted by molar-refractivity contribution is 6.31. The van der Waals surface area contributed by atoms with Crippen LogP contribution in [0.15, 0.2) is 28.7 Å². The molecule has 1 fully saturated rings. The molecule has 1 amide bonds. The van der Waals surface area contributed by atoms with Gasteiger partial charge in [0.1, 0.15) is 17.0 Å². The summed E-state index contributed by atoms with van der Waals surface area (Å²) in [5, 5.41) is 12.6. The Balaban J connectivity index is 0.00000256. The molecule has 2 N–H and O–H groups in total.